The van der Waals surface area contributed by atoms with Gasteiger partial charge in [-0.3, -0.25) is 9.78 Å². The van der Waals surface area contributed by atoms with E-state index >= 15 is 0 Å². The highest BCUT2D eigenvalue weighted by molar-refractivity contribution is 5.69. The lowest BCUT2D eigenvalue weighted by Gasteiger charge is -2.08. The Kier molecular flexibility index (Phi) is 6.56. The Morgan fingerprint density at radius 2 is 2.04 bits per heavy atom. The number of carbonyl (C=O) groups excluding carboxylic acids is 1. The van der Waals surface area contributed by atoms with E-state index in [1.807, 2.05) is 43.3 Å². The van der Waals surface area contributed by atoms with Crippen molar-refractivity contribution >= 4 is 5.97 Å². The van der Waals surface area contributed by atoms with Gasteiger partial charge in [0.25, 0.3) is 0 Å². The Morgan fingerprint density at radius 1 is 1.26 bits per heavy atom. The summed E-state index contributed by atoms with van der Waals surface area (Å²) in [6, 6.07) is 11.9. The molecule has 0 saturated carbocycles. The largest absolute Gasteiger partial charge is 0.494 e. The second-order valence-electron chi connectivity index (χ2n) is 4.98. The summed E-state index contributed by atoms with van der Waals surface area (Å²) in [6.07, 6.45) is 2.14. The molecule has 2 rings (SSSR count). The number of nitrogens with one attached hydrogen (secondary N) is 1. The molecule has 0 aliphatic heterocycles. The van der Waals surface area contributed by atoms with Crippen molar-refractivity contribution in [2.45, 2.75) is 19.9 Å². The predicted molar refractivity (Wildman–Crippen MR) is 91.3 cm³/mol. The van der Waals surface area contributed by atoms with Crippen LogP contribution in [0.25, 0.3) is 11.3 Å². The molecule has 0 atom stereocenters. The van der Waals surface area contributed by atoms with Crippen molar-refractivity contribution < 1.29 is 15.7 Å². The van der Waals surface area contributed by atoms with Crippen molar-refractivity contribution in [3.05, 3.63) is 48.2 Å². The van der Waals surface area contributed by atoms with E-state index in [0.717, 1.165) is 22.6 Å². The van der Waals surface area contributed by atoms with Crippen LogP contribution in [0.3, 0.4) is 0 Å². The van der Waals surface area contributed by atoms with Gasteiger partial charge in [-0.1, -0.05) is 24.3 Å². The van der Waals surface area contributed by atoms with Gasteiger partial charge in [0.1, 0.15) is 11.4 Å². The van der Waals surface area contributed by atoms with Crippen molar-refractivity contribution in [2.24, 2.45) is 0 Å². The van der Waals surface area contributed by atoms with Gasteiger partial charge in [-0.05, 0) is 24.6 Å². The lowest BCUT2D eigenvalue weighted by molar-refractivity contribution is -0.142. The van der Waals surface area contributed by atoms with E-state index in [1.54, 1.807) is 13.3 Å². The van der Waals surface area contributed by atoms with Crippen molar-refractivity contribution in [1.82, 2.24) is 10.3 Å². The molecular formula is C18H24N2O3. The van der Waals surface area contributed by atoms with E-state index in [0.29, 0.717) is 26.1 Å². The first kappa shape index (κ1) is 17.0. The average Bonchev–Trinajstić information content (AvgIpc) is 2.59. The van der Waals surface area contributed by atoms with Crippen molar-refractivity contribution in [3.63, 3.8) is 0 Å². The van der Waals surface area contributed by atoms with Crippen LogP contribution in [-0.4, -0.2) is 31.2 Å². The van der Waals surface area contributed by atoms with Gasteiger partial charge in [-0.2, -0.15) is 0 Å². The number of rotatable bonds is 8. The van der Waals surface area contributed by atoms with Crippen LogP contribution in [-0.2, 0) is 16.1 Å². The van der Waals surface area contributed by atoms with E-state index in [2.05, 4.69) is 10.3 Å². The van der Waals surface area contributed by atoms with Crippen molar-refractivity contribution in [1.29, 1.82) is 0 Å². The highest BCUT2D eigenvalue weighted by Gasteiger charge is 2.06. The fraction of sp³-hybridized carbons (Fsp3) is 0.333. The van der Waals surface area contributed by atoms with E-state index in [4.69, 9.17) is 9.47 Å². The minimum Gasteiger partial charge on any atom is -0.494 e. The molecule has 1 heterocycles. The number of nitrogens with zero attached hydrogens (tertiary/aromatic N) is 1. The summed E-state index contributed by atoms with van der Waals surface area (Å²) in [6.45, 7) is 3.55. The van der Waals surface area contributed by atoms with Crippen LogP contribution < -0.4 is 10.1 Å². The van der Waals surface area contributed by atoms with Crippen LogP contribution in [0.15, 0.2) is 42.6 Å². The SMILES string of the molecule is CCOC(=O)CCNCc1ccc(-c2ncccc2OC)cc1.[HH]. The van der Waals surface area contributed by atoms with E-state index < -0.39 is 0 Å². The molecule has 124 valence electrons. The fourth-order valence-electron chi connectivity index (χ4n) is 2.21. The maximum Gasteiger partial charge on any atom is 0.307 e. The van der Waals surface area contributed by atoms with Gasteiger partial charge >= 0.3 is 5.97 Å². The summed E-state index contributed by atoms with van der Waals surface area (Å²) in [5.41, 5.74) is 2.99. The highest BCUT2D eigenvalue weighted by atomic mass is 16.5. The number of hydrogen-bond acceptors (Lipinski definition) is 5. The number of esters is 1. The van der Waals surface area contributed by atoms with Crippen LogP contribution in [0.4, 0.5) is 0 Å². The van der Waals surface area contributed by atoms with Crippen LogP contribution in [0.5, 0.6) is 5.75 Å². The molecule has 0 bridgehead atoms. The third kappa shape index (κ3) is 5.07. The Bertz CT molecular complexity index is 632. The van der Waals surface area contributed by atoms with Crippen molar-refractivity contribution in [2.75, 3.05) is 20.3 Å². The first-order chi connectivity index (χ1) is 11.2. The number of benzene rings is 1. The lowest BCUT2D eigenvalue weighted by atomic mass is 10.1. The summed E-state index contributed by atoms with van der Waals surface area (Å²) < 4.78 is 10.2. The highest BCUT2D eigenvalue weighted by Crippen LogP contribution is 2.27. The van der Waals surface area contributed by atoms with Gasteiger partial charge in [0, 0.05) is 26.3 Å². The maximum atomic E-state index is 11.2. The van der Waals surface area contributed by atoms with Crippen molar-refractivity contribution in [3.8, 4) is 17.0 Å². The summed E-state index contributed by atoms with van der Waals surface area (Å²) in [4.78, 5) is 15.6. The monoisotopic (exact) mass is 316 g/mol. The van der Waals surface area contributed by atoms with Crippen LogP contribution in [0.2, 0.25) is 0 Å². The van der Waals surface area contributed by atoms with Gasteiger partial charge in [0.15, 0.2) is 0 Å². The average molecular weight is 316 g/mol. The number of methoxy groups -OCH3 is 1. The van der Waals surface area contributed by atoms with Gasteiger partial charge in [-0.25, -0.2) is 0 Å². The Labute approximate surface area is 138 Å². The van der Waals surface area contributed by atoms with Gasteiger partial charge in [0.05, 0.1) is 20.1 Å². The standard InChI is InChI=1S/C18H22N2O3.H2/c1-3-23-17(21)10-12-19-13-14-6-8-15(9-7-14)18-16(22-2)5-4-11-20-18;/h4-9,11,19H,3,10,12-13H2,1-2H3;1H. The Morgan fingerprint density at radius 3 is 2.74 bits per heavy atom. The molecule has 0 radical (unpaired) electrons. The summed E-state index contributed by atoms with van der Waals surface area (Å²) in [7, 11) is 1.64. The second-order valence-corrected chi connectivity index (χ2v) is 4.98. The number of hydrogen-bond donors (Lipinski definition) is 1. The molecule has 5 nitrogen and oxygen atoms in total. The fourth-order valence-corrected chi connectivity index (χ4v) is 2.21. The van der Waals surface area contributed by atoms with Gasteiger partial charge < -0.3 is 14.8 Å². The third-order valence-electron chi connectivity index (χ3n) is 3.36. The topological polar surface area (TPSA) is 60.5 Å². The number of carbonyl (C=O) groups is 1. The first-order valence-electron chi connectivity index (χ1n) is 7.69. The molecule has 2 aromatic rings. The molecule has 1 N–H and O–H groups in total. The molecule has 0 aliphatic carbocycles. The van der Waals surface area contributed by atoms with Gasteiger partial charge in [-0.15, -0.1) is 0 Å². The summed E-state index contributed by atoms with van der Waals surface area (Å²) in [5, 5.41) is 3.23. The summed E-state index contributed by atoms with van der Waals surface area (Å²) >= 11 is 0. The number of ether oxygens (including phenoxy) is 2. The Balaban J connectivity index is 0.00000288. The number of pyridine rings is 1. The molecule has 5 heteroatoms. The zero-order valence-electron chi connectivity index (χ0n) is 13.5. The molecule has 23 heavy (non-hydrogen) atoms. The zero-order chi connectivity index (χ0) is 16.5. The van der Waals surface area contributed by atoms with E-state index in [1.165, 1.54) is 0 Å². The molecule has 0 spiro atoms. The first-order valence-corrected chi connectivity index (χ1v) is 7.69. The third-order valence-corrected chi connectivity index (χ3v) is 3.36. The second kappa shape index (κ2) is 8.90. The molecule has 1 aromatic carbocycles. The molecular weight excluding hydrogens is 292 g/mol. The molecule has 0 aliphatic rings. The molecule has 1 aromatic heterocycles. The minimum absolute atomic E-state index is 0. The van der Waals surface area contributed by atoms with Crippen LogP contribution >= 0.6 is 0 Å². The van der Waals surface area contributed by atoms with E-state index in [9.17, 15) is 4.79 Å². The van der Waals surface area contributed by atoms with Crippen LogP contribution in [0.1, 0.15) is 20.3 Å². The normalized spacial score (nSPS) is 10.3. The van der Waals surface area contributed by atoms with E-state index in [-0.39, 0.29) is 7.40 Å². The molecule has 0 fully saturated rings. The quantitative estimate of drug-likeness (QED) is 0.599. The Hall–Kier alpha value is -2.40. The van der Waals surface area contributed by atoms with Gasteiger partial charge in [0.2, 0.25) is 0 Å². The lowest BCUT2D eigenvalue weighted by Crippen LogP contribution is -2.18. The predicted octanol–water partition coefficient (Wildman–Crippen LogP) is 3.05. The summed E-state index contributed by atoms with van der Waals surface area (Å²) in [5.74, 6) is 0.588. The molecule has 0 saturated heterocycles. The minimum atomic E-state index is -0.169. The smallest absolute Gasteiger partial charge is 0.307 e. The molecule has 0 unspecified atom stereocenters. The van der Waals surface area contributed by atoms with Crippen LogP contribution in [0, 0.1) is 0 Å². The number of aromatic nitrogens is 1. The zero-order valence-corrected chi connectivity index (χ0v) is 13.5. The molecule has 0 amide bonds. The maximum absolute atomic E-state index is 11.2.